The Balaban J connectivity index is 1.74. The van der Waals surface area contributed by atoms with Gasteiger partial charge in [-0.2, -0.15) is 0 Å². The van der Waals surface area contributed by atoms with E-state index < -0.39 is 11.6 Å². The predicted octanol–water partition coefficient (Wildman–Crippen LogP) is 7.23. The molecule has 0 heterocycles. The van der Waals surface area contributed by atoms with E-state index >= 15 is 0 Å². The first-order chi connectivity index (χ1) is 13.6. The lowest BCUT2D eigenvalue weighted by atomic mass is 9.82. The van der Waals surface area contributed by atoms with E-state index in [0.717, 1.165) is 44.1 Å². The molecule has 1 aliphatic rings. The smallest absolute Gasteiger partial charge is 0.142 e. The van der Waals surface area contributed by atoms with Crippen LogP contribution in [0.5, 0.6) is 0 Å². The number of halogens is 3. The topological polar surface area (TPSA) is 0 Å². The largest absolute Gasteiger partial charge is 0.216 e. The van der Waals surface area contributed by atoms with Gasteiger partial charge in [0, 0.05) is 5.92 Å². The molecule has 0 bridgehead atoms. The Morgan fingerprint density at radius 2 is 1.61 bits per heavy atom. The summed E-state index contributed by atoms with van der Waals surface area (Å²) in [6.07, 6.45) is 7.60. The third-order valence-corrected chi connectivity index (χ3v) is 5.39. The Labute approximate surface area is 165 Å². The summed E-state index contributed by atoms with van der Waals surface area (Å²) in [7, 11) is 0. The number of rotatable bonds is 4. The zero-order valence-corrected chi connectivity index (χ0v) is 16.2. The highest BCUT2D eigenvalue weighted by Crippen LogP contribution is 2.30. The zero-order chi connectivity index (χ0) is 19.9. The van der Waals surface area contributed by atoms with Gasteiger partial charge in [-0.1, -0.05) is 55.5 Å². The first kappa shape index (κ1) is 20.3. The van der Waals surface area contributed by atoms with Crippen molar-refractivity contribution >= 4 is 0 Å². The van der Waals surface area contributed by atoms with Gasteiger partial charge in [0.1, 0.15) is 11.6 Å². The van der Waals surface area contributed by atoms with E-state index in [0.29, 0.717) is 11.9 Å². The molecule has 0 amide bonds. The SMILES string of the molecule is CCCc1ccc(-c2cc(F)c(C#CC3CCC(C=CF)CC3)c(F)c2)cc1. The van der Waals surface area contributed by atoms with Gasteiger partial charge in [0.15, 0.2) is 0 Å². The van der Waals surface area contributed by atoms with Gasteiger partial charge in [0.05, 0.1) is 11.9 Å². The monoisotopic (exact) mass is 382 g/mol. The molecular weight excluding hydrogens is 357 g/mol. The lowest BCUT2D eigenvalue weighted by Gasteiger charge is -2.22. The molecule has 2 aromatic rings. The van der Waals surface area contributed by atoms with Gasteiger partial charge in [-0.05, 0) is 66.8 Å². The van der Waals surface area contributed by atoms with E-state index in [-0.39, 0.29) is 17.4 Å². The Bertz CT molecular complexity index is 853. The second-order valence-electron chi connectivity index (χ2n) is 7.46. The summed E-state index contributed by atoms with van der Waals surface area (Å²) in [5, 5.41) is 0. The van der Waals surface area contributed by atoms with Gasteiger partial charge in [-0.3, -0.25) is 0 Å². The normalized spacial score (nSPS) is 19.4. The minimum absolute atomic E-state index is 0.105. The van der Waals surface area contributed by atoms with Crippen LogP contribution in [0.3, 0.4) is 0 Å². The van der Waals surface area contributed by atoms with Crippen molar-refractivity contribution in [3.05, 3.63) is 71.6 Å². The molecule has 0 unspecified atom stereocenters. The molecule has 0 radical (unpaired) electrons. The maximum Gasteiger partial charge on any atom is 0.142 e. The van der Waals surface area contributed by atoms with Crippen LogP contribution in [0, 0.1) is 35.3 Å². The van der Waals surface area contributed by atoms with Crippen molar-refractivity contribution in [1.82, 2.24) is 0 Å². The van der Waals surface area contributed by atoms with Crippen molar-refractivity contribution in [2.24, 2.45) is 11.8 Å². The molecule has 1 saturated carbocycles. The zero-order valence-electron chi connectivity index (χ0n) is 16.2. The van der Waals surface area contributed by atoms with Crippen LogP contribution in [0.15, 0.2) is 48.8 Å². The molecule has 146 valence electrons. The second-order valence-corrected chi connectivity index (χ2v) is 7.46. The van der Waals surface area contributed by atoms with E-state index in [1.165, 1.54) is 17.7 Å². The molecule has 0 atom stereocenters. The molecule has 0 spiro atoms. The highest BCUT2D eigenvalue weighted by Gasteiger charge is 2.18. The number of benzene rings is 2. The second kappa shape index (κ2) is 9.64. The van der Waals surface area contributed by atoms with E-state index in [1.807, 2.05) is 24.3 Å². The van der Waals surface area contributed by atoms with Crippen molar-refractivity contribution in [2.75, 3.05) is 0 Å². The molecule has 0 saturated heterocycles. The summed E-state index contributed by atoms with van der Waals surface area (Å²) in [6, 6.07) is 10.5. The highest BCUT2D eigenvalue weighted by molar-refractivity contribution is 5.65. The van der Waals surface area contributed by atoms with Crippen LogP contribution in [-0.4, -0.2) is 0 Å². The van der Waals surface area contributed by atoms with Crippen LogP contribution >= 0.6 is 0 Å². The number of aryl methyl sites for hydroxylation is 1. The first-order valence-electron chi connectivity index (χ1n) is 9.97. The maximum atomic E-state index is 14.5. The lowest BCUT2D eigenvalue weighted by Crippen LogP contribution is -2.11. The number of hydrogen-bond donors (Lipinski definition) is 0. The molecule has 0 aliphatic heterocycles. The third kappa shape index (κ3) is 5.07. The van der Waals surface area contributed by atoms with Gasteiger partial charge < -0.3 is 0 Å². The molecular formula is C25H25F3. The van der Waals surface area contributed by atoms with E-state index in [9.17, 15) is 13.2 Å². The van der Waals surface area contributed by atoms with E-state index in [1.54, 1.807) is 6.08 Å². The van der Waals surface area contributed by atoms with Gasteiger partial charge in [0.25, 0.3) is 0 Å². The Kier molecular flexibility index (Phi) is 6.98. The summed E-state index contributed by atoms with van der Waals surface area (Å²) < 4.78 is 41.3. The highest BCUT2D eigenvalue weighted by atomic mass is 19.1. The minimum atomic E-state index is -0.630. The lowest BCUT2D eigenvalue weighted by molar-refractivity contribution is 0.362. The van der Waals surface area contributed by atoms with Gasteiger partial charge in [-0.15, -0.1) is 0 Å². The third-order valence-electron chi connectivity index (χ3n) is 5.39. The summed E-state index contributed by atoms with van der Waals surface area (Å²) >= 11 is 0. The average molecular weight is 382 g/mol. The van der Waals surface area contributed by atoms with Crippen molar-refractivity contribution in [3.8, 4) is 23.0 Å². The molecule has 1 fully saturated rings. The first-order valence-corrected chi connectivity index (χ1v) is 9.97. The number of hydrogen-bond acceptors (Lipinski definition) is 0. The van der Waals surface area contributed by atoms with Crippen molar-refractivity contribution < 1.29 is 13.2 Å². The fraction of sp³-hybridized carbons (Fsp3) is 0.360. The molecule has 28 heavy (non-hydrogen) atoms. The summed E-state index contributed by atoms with van der Waals surface area (Å²) in [5.41, 5.74) is 2.35. The fourth-order valence-corrected chi connectivity index (χ4v) is 3.74. The minimum Gasteiger partial charge on any atom is -0.216 e. The molecule has 3 heteroatoms. The average Bonchev–Trinajstić information content (AvgIpc) is 2.69. The molecule has 3 rings (SSSR count). The van der Waals surface area contributed by atoms with Crippen LogP contribution in [0.1, 0.15) is 50.2 Å². The fourth-order valence-electron chi connectivity index (χ4n) is 3.74. The molecule has 2 aromatic carbocycles. The maximum absolute atomic E-state index is 14.5. The van der Waals surface area contributed by atoms with Crippen molar-refractivity contribution in [3.63, 3.8) is 0 Å². The van der Waals surface area contributed by atoms with E-state index in [4.69, 9.17) is 0 Å². The Morgan fingerprint density at radius 1 is 0.964 bits per heavy atom. The Morgan fingerprint density at radius 3 is 2.18 bits per heavy atom. The molecule has 0 N–H and O–H groups in total. The molecule has 0 aromatic heterocycles. The van der Waals surface area contributed by atoms with Gasteiger partial charge in [-0.25, -0.2) is 13.2 Å². The molecule has 0 nitrogen and oxygen atoms in total. The van der Waals surface area contributed by atoms with Crippen LogP contribution in [0.25, 0.3) is 11.1 Å². The van der Waals surface area contributed by atoms with Gasteiger partial charge in [0.2, 0.25) is 0 Å². The van der Waals surface area contributed by atoms with Crippen molar-refractivity contribution in [2.45, 2.75) is 45.4 Å². The standard InChI is InChI=1S/C25H25F3/c1-2-3-18-8-11-21(12-9-18)22-16-24(27)23(25(28)17-22)13-10-19-4-6-20(7-5-19)14-15-26/h8-9,11-12,14-17,19-20H,2-7H2,1H3. The van der Waals surface area contributed by atoms with E-state index in [2.05, 4.69) is 18.8 Å². The van der Waals surface area contributed by atoms with Gasteiger partial charge >= 0.3 is 0 Å². The van der Waals surface area contributed by atoms with Crippen LogP contribution in [0.4, 0.5) is 13.2 Å². The summed E-state index contributed by atoms with van der Waals surface area (Å²) in [5.74, 6) is 4.82. The molecule has 1 aliphatic carbocycles. The quantitative estimate of drug-likeness (QED) is 0.490. The predicted molar refractivity (Wildman–Crippen MR) is 108 cm³/mol. The van der Waals surface area contributed by atoms with Crippen LogP contribution in [-0.2, 0) is 6.42 Å². The van der Waals surface area contributed by atoms with Crippen molar-refractivity contribution in [1.29, 1.82) is 0 Å². The summed E-state index contributed by atoms with van der Waals surface area (Å²) in [6.45, 7) is 2.12. The summed E-state index contributed by atoms with van der Waals surface area (Å²) in [4.78, 5) is 0. The van der Waals surface area contributed by atoms with Crippen LogP contribution < -0.4 is 0 Å². The van der Waals surface area contributed by atoms with Crippen LogP contribution in [0.2, 0.25) is 0 Å². The number of allylic oxidation sites excluding steroid dienone is 1. The Hall–Kier alpha value is -2.47.